The number of rotatable bonds is 5. The van der Waals surface area contributed by atoms with Crippen molar-refractivity contribution in [3.63, 3.8) is 0 Å². The number of carbonyl (C=O) groups excluding carboxylic acids is 1. The molecule has 0 spiro atoms. The van der Waals surface area contributed by atoms with E-state index < -0.39 is 23.3 Å². The number of amides is 1. The van der Waals surface area contributed by atoms with Gasteiger partial charge in [0.2, 0.25) is 0 Å². The van der Waals surface area contributed by atoms with Gasteiger partial charge in [0, 0.05) is 11.6 Å². The number of hydrogen-bond donors (Lipinski definition) is 1. The molecule has 146 valence electrons. The van der Waals surface area contributed by atoms with Crippen LogP contribution in [0.3, 0.4) is 0 Å². The van der Waals surface area contributed by atoms with E-state index in [9.17, 15) is 18.7 Å². The molecule has 7 nitrogen and oxygen atoms in total. The number of fused-ring (bicyclic) bond motifs is 1. The molecule has 4 rings (SSSR count). The number of aromatic nitrogens is 4. The molecule has 0 saturated carbocycles. The predicted octanol–water partition coefficient (Wildman–Crippen LogP) is 2.71. The molecule has 0 radical (unpaired) electrons. The van der Waals surface area contributed by atoms with Crippen molar-refractivity contribution in [3.05, 3.63) is 62.5 Å². The van der Waals surface area contributed by atoms with Crippen molar-refractivity contribution in [3.8, 4) is 0 Å². The quantitative estimate of drug-likeness (QED) is 0.620. The Kier molecular flexibility index (Phi) is 4.76. The molecule has 0 aliphatic carbocycles. The predicted molar refractivity (Wildman–Crippen MR) is 99.4 cm³/mol. The lowest BCUT2D eigenvalue weighted by Crippen LogP contribution is -2.52. The lowest BCUT2D eigenvalue weighted by molar-refractivity contribution is -0.0556. The normalized spacial score (nSPS) is 16.9. The van der Waals surface area contributed by atoms with Gasteiger partial charge in [-0.3, -0.25) is 4.79 Å². The summed E-state index contributed by atoms with van der Waals surface area (Å²) in [5.41, 5.74) is -1.70. The van der Waals surface area contributed by atoms with Crippen LogP contribution in [0.5, 0.6) is 0 Å². The Morgan fingerprint density at radius 3 is 2.86 bits per heavy atom. The second kappa shape index (κ2) is 6.98. The van der Waals surface area contributed by atoms with Crippen molar-refractivity contribution in [1.82, 2.24) is 24.6 Å². The maximum absolute atomic E-state index is 14.6. The maximum Gasteiger partial charge on any atom is 0.274 e. The zero-order valence-electron chi connectivity index (χ0n) is 14.5. The van der Waals surface area contributed by atoms with Crippen molar-refractivity contribution in [2.45, 2.75) is 31.7 Å². The highest BCUT2D eigenvalue weighted by Crippen LogP contribution is 2.38. The number of nitrogens with zero attached hydrogens (tertiary/aromatic N) is 5. The number of aliphatic hydroxyl groups is 1. The first kappa shape index (κ1) is 19.1. The summed E-state index contributed by atoms with van der Waals surface area (Å²) in [5.74, 6) is -2.02. The van der Waals surface area contributed by atoms with Gasteiger partial charge in [0.25, 0.3) is 5.91 Å². The molecule has 1 aliphatic heterocycles. The third-order valence-electron chi connectivity index (χ3n) is 4.87. The third-order valence-corrected chi connectivity index (χ3v) is 6.37. The molecule has 2 aromatic heterocycles. The van der Waals surface area contributed by atoms with Crippen LogP contribution in [-0.4, -0.2) is 41.7 Å². The van der Waals surface area contributed by atoms with Crippen molar-refractivity contribution in [2.75, 3.05) is 0 Å². The first-order valence-electron chi connectivity index (χ1n) is 8.26. The summed E-state index contributed by atoms with van der Waals surface area (Å²) in [6.07, 6.45) is 2.66. The van der Waals surface area contributed by atoms with Crippen LogP contribution in [0.15, 0.2) is 34.8 Å². The van der Waals surface area contributed by atoms with Gasteiger partial charge in [-0.05, 0) is 28.9 Å². The van der Waals surface area contributed by atoms with E-state index in [1.54, 1.807) is 6.92 Å². The van der Waals surface area contributed by atoms with Crippen LogP contribution in [-0.2, 0) is 18.7 Å². The summed E-state index contributed by atoms with van der Waals surface area (Å²) in [5, 5.41) is 15.5. The minimum Gasteiger partial charge on any atom is -0.381 e. The van der Waals surface area contributed by atoms with Gasteiger partial charge in [0.1, 0.15) is 35.6 Å². The minimum absolute atomic E-state index is 0.130. The standard InChI is InChI=1S/C17H14BrF2N5O2S/c1-9(25-5-13-14(15(25)26)23-16(18)28-13)17(27,6-24-8-21-7-22-24)11-3-2-10(19)4-12(11)20/h2-4,7-9,27H,5-6H2,1H3/t9-,17-/m1/s1. The highest BCUT2D eigenvalue weighted by atomic mass is 79.9. The van der Waals surface area contributed by atoms with Crippen molar-refractivity contribution in [2.24, 2.45) is 0 Å². The van der Waals surface area contributed by atoms with E-state index in [4.69, 9.17) is 0 Å². The van der Waals surface area contributed by atoms with Gasteiger partial charge >= 0.3 is 0 Å². The molecule has 3 heterocycles. The van der Waals surface area contributed by atoms with Crippen molar-refractivity contribution in [1.29, 1.82) is 0 Å². The zero-order chi connectivity index (χ0) is 20.1. The highest BCUT2D eigenvalue weighted by molar-refractivity contribution is 9.11. The number of thiazole rings is 1. The summed E-state index contributed by atoms with van der Waals surface area (Å²) in [6.45, 7) is 1.68. The number of carbonyl (C=O) groups is 1. The van der Waals surface area contributed by atoms with Crippen LogP contribution in [0.4, 0.5) is 8.78 Å². The van der Waals surface area contributed by atoms with E-state index in [2.05, 4.69) is 31.0 Å². The molecule has 28 heavy (non-hydrogen) atoms. The van der Waals surface area contributed by atoms with Gasteiger partial charge in [-0.1, -0.05) is 6.07 Å². The van der Waals surface area contributed by atoms with Crippen LogP contribution >= 0.6 is 27.3 Å². The minimum atomic E-state index is -1.88. The molecule has 1 amide bonds. The second-order valence-corrected chi connectivity index (χ2v) is 8.85. The second-order valence-electron chi connectivity index (χ2n) is 6.49. The summed E-state index contributed by atoms with van der Waals surface area (Å²) in [6, 6.07) is 2.10. The highest BCUT2D eigenvalue weighted by Gasteiger charge is 2.46. The zero-order valence-corrected chi connectivity index (χ0v) is 16.9. The number of hydrogen-bond acceptors (Lipinski definition) is 6. The average molecular weight is 470 g/mol. The van der Waals surface area contributed by atoms with Gasteiger partial charge in [-0.2, -0.15) is 5.10 Å². The van der Waals surface area contributed by atoms with E-state index in [0.29, 0.717) is 15.7 Å². The van der Waals surface area contributed by atoms with Crippen molar-refractivity contribution >= 4 is 33.2 Å². The molecule has 2 atom stereocenters. The third kappa shape index (κ3) is 3.12. The summed E-state index contributed by atoms with van der Waals surface area (Å²) >= 11 is 4.59. The number of halogens is 3. The van der Waals surface area contributed by atoms with Crippen LogP contribution in [0.1, 0.15) is 27.9 Å². The Hall–Kier alpha value is -2.24. The van der Waals surface area contributed by atoms with Gasteiger partial charge < -0.3 is 10.0 Å². The van der Waals surface area contributed by atoms with Gasteiger partial charge in [0.15, 0.2) is 3.92 Å². The molecule has 0 bridgehead atoms. The molecule has 0 fully saturated rings. The molecule has 1 N–H and O–H groups in total. The lowest BCUT2D eigenvalue weighted by Gasteiger charge is -2.39. The summed E-state index contributed by atoms with van der Waals surface area (Å²) < 4.78 is 30.0. The Balaban J connectivity index is 1.75. The Labute approximate surface area is 170 Å². The Morgan fingerprint density at radius 2 is 2.21 bits per heavy atom. The molecule has 11 heteroatoms. The first-order valence-corrected chi connectivity index (χ1v) is 9.87. The maximum atomic E-state index is 14.6. The van der Waals surface area contributed by atoms with E-state index in [1.165, 1.54) is 39.6 Å². The average Bonchev–Trinajstić information content (AvgIpc) is 3.33. The fraction of sp³-hybridized carbons (Fsp3) is 0.294. The SMILES string of the molecule is C[C@@H](N1Cc2sc(Br)nc2C1=O)[C@](O)(Cn1cncn1)c1ccc(F)cc1F. The van der Waals surface area contributed by atoms with Crippen LogP contribution < -0.4 is 0 Å². The Morgan fingerprint density at radius 1 is 1.43 bits per heavy atom. The fourth-order valence-electron chi connectivity index (χ4n) is 3.37. The molecule has 1 aromatic carbocycles. The van der Waals surface area contributed by atoms with Crippen molar-refractivity contribution < 1.29 is 18.7 Å². The van der Waals surface area contributed by atoms with Crippen LogP contribution in [0.2, 0.25) is 0 Å². The molecule has 3 aromatic rings. The van der Waals surface area contributed by atoms with Gasteiger partial charge in [-0.25, -0.2) is 23.4 Å². The van der Waals surface area contributed by atoms with E-state index in [-0.39, 0.29) is 24.6 Å². The first-order chi connectivity index (χ1) is 13.3. The van der Waals surface area contributed by atoms with Crippen LogP contribution in [0, 0.1) is 11.6 Å². The van der Waals surface area contributed by atoms with Crippen LogP contribution in [0.25, 0.3) is 0 Å². The monoisotopic (exact) mass is 469 g/mol. The lowest BCUT2D eigenvalue weighted by atomic mass is 9.85. The Bertz CT molecular complexity index is 1040. The topological polar surface area (TPSA) is 84.1 Å². The molecule has 0 unspecified atom stereocenters. The van der Waals surface area contributed by atoms with E-state index in [0.717, 1.165) is 10.9 Å². The van der Waals surface area contributed by atoms with Gasteiger partial charge in [0.05, 0.1) is 24.0 Å². The molecule has 0 saturated heterocycles. The van der Waals surface area contributed by atoms with Gasteiger partial charge in [-0.15, -0.1) is 11.3 Å². The molecular weight excluding hydrogens is 456 g/mol. The summed E-state index contributed by atoms with van der Waals surface area (Å²) in [4.78, 5) is 23.0. The van der Waals surface area contributed by atoms with E-state index in [1.807, 2.05) is 0 Å². The molecule has 1 aliphatic rings. The fourth-order valence-corrected chi connectivity index (χ4v) is 4.91. The summed E-state index contributed by atoms with van der Waals surface area (Å²) in [7, 11) is 0. The largest absolute Gasteiger partial charge is 0.381 e. The number of benzene rings is 1. The molecular formula is C17H14BrF2N5O2S. The smallest absolute Gasteiger partial charge is 0.274 e. The van der Waals surface area contributed by atoms with E-state index >= 15 is 0 Å².